The molecule has 0 bridgehead atoms. The molecule has 0 aromatic carbocycles. The van der Waals surface area contributed by atoms with Crippen molar-refractivity contribution < 1.29 is 38.1 Å². The molecule has 38 heavy (non-hydrogen) atoms. The number of esters is 4. The third-order valence-corrected chi connectivity index (χ3v) is 5.37. The number of unbranched alkanes of at least 4 members (excludes halogenated alkanes) is 10. The molecule has 0 saturated heterocycles. The maximum Gasteiger partial charge on any atom is 0.306 e. The quantitative estimate of drug-likeness (QED) is 0.0797. The summed E-state index contributed by atoms with van der Waals surface area (Å²) in [5.74, 6) is -0.396. The van der Waals surface area contributed by atoms with Crippen molar-refractivity contribution in [3.8, 4) is 0 Å². The van der Waals surface area contributed by atoms with E-state index in [0.717, 1.165) is 77.0 Å². The Bertz CT molecular complexity index is 549. The highest BCUT2D eigenvalue weighted by Gasteiger charge is 2.06. The molecule has 0 saturated carbocycles. The molecule has 0 N–H and O–H groups in total. The largest absolute Gasteiger partial charge is 0.466 e. The van der Waals surface area contributed by atoms with Crippen LogP contribution in [-0.2, 0) is 38.1 Å². The van der Waals surface area contributed by atoms with Crippen LogP contribution in [0.4, 0.5) is 0 Å². The second-order valence-electron chi connectivity index (χ2n) is 9.93. The van der Waals surface area contributed by atoms with Gasteiger partial charge in [0.15, 0.2) is 0 Å². The second kappa shape index (κ2) is 27.9. The molecule has 0 fully saturated rings. The van der Waals surface area contributed by atoms with Crippen LogP contribution in [0.15, 0.2) is 0 Å². The topological polar surface area (TPSA) is 105 Å². The first kappa shape index (κ1) is 38.0. The number of rotatable bonds is 22. The van der Waals surface area contributed by atoms with Gasteiger partial charge < -0.3 is 18.9 Å². The highest BCUT2D eigenvalue weighted by Crippen LogP contribution is 2.11. The van der Waals surface area contributed by atoms with Crippen molar-refractivity contribution in [2.45, 2.75) is 156 Å². The van der Waals surface area contributed by atoms with Crippen molar-refractivity contribution >= 4 is 23.9 Å². The Labute approximate surface area is 231 Å². The zero-order chi connectivity index (χ0) is 29.0. The Hall–Kier alpha value is -2.12. The van der Waals surface area contributed by atoms with Gasteiger partial charge in [-0.2, -0.15) is 0 Å². The van der Waals surface area contributed by atoms with E-state index in [0.29, 0.717) is 38.9 Å². The van der Waals surface area contributed by atoms with Crippen molar-refractivity contribution in [1.82, 2.24) is 0 Å². The van der Waals surface area contributed by atoms with Gasteiger partial charge >= 0.3 is 23.9 Å². The molecular formula is C30H56O8. The molecule has 0 amide bonds. The molecule has 0 unspecified atom stereocenters. The normalized spacial score (nSPS) is 10.5. The third kappa shape index (κ3) is 31.9. The van der Waals surface area contributed by atoms with E-state index in [1.54, 1.807) is 0 Å². The summed E-state index contributed by atoms with van der Waals surface area (Å²) in [6.07, 6.45) is 14.2. The molecule has 0 aromatic heterocycles. The predicted octanol–water partition coefficient (Wildman–Crippen LogP) is 7.24. The van der Waals surface area contributed by atoms with E-state index in [2.05, 4.69) is 0 Å². The summed E-state index contributed by atoms with van der Waals surface area (Å²) in [6, 6.07) is 0. The average Bonchev–Trinajstić information content (AvgIpc) is 2.82. The summed E-state index contributed by atoms with van der Waals surface area (Å²) in [4.78, 5) is 44.6. The lowest BCUT2D eigenvalue weighted by Crippen LogP contribution is -2.11. The molecule has 0 aliphatic carbocycles. The van der Waals surface area contributed by atoms with Crippen LogP contribution in [0.2, 0.25) is 0 Å². The van der Waals surface area contributed by atoms with E-state index in [1.165, 1.54) is 0 Å². The number of hydrogen-bond donors (Lipinski definition) is 0. The fourth-order valence-corrected chi connectivity index (χ4v) is 3.60. The predicted molar refractivity (Wildman–Crippen MR) is 150 cm³/mol. The van der Waals surface area contributed by atoms with Gasteiger partial charge in [-0.1, -0.05) is 51.4 Å². The molecule has 0 aliphatic heterocycles. The molecule has 224 valence electrons. The van der Waals surface area contributed by atoms with Gasteiger partial charge in [-0.15, -0.1) is 0 Å². The Kier molecular flexibility index (Phi) is 27.9. The molecule has 0 atom stereocenters. The third-order valence-electron chi connectivity index (χ3n) is 5.37. The van der Waals surface area contributed by atoms with Crippen molar-refractivity contribution in [3.63, 3.8) is 0 Å². The SMILES string of the molecule is CC(C)OC(=O)CCCCCCCCC(=O)OC(C)C.CCOC(=O)CCCCCCCCC(=O)OCC. The molecule has 0 aromatic rings. The summed E-state index contributed by atoms with van der Waals surface area (Å²) in [5, 5.41) is 0. The number of hydrogen-bond acceptors (Lipinski definition) is 8. The van der Waals surface area contributed by atoms with Gasteiger partial charge in [0.05, 0.1) is 25.4 Å². The lowest BCUT2D eigenvalue weighted by molar-refractivity contribution is -0.148. The van der Waals surface area contributed by atoms with Crippen LogP contribution in [0.25, 0.3) is 0 Å². The van der Waals surface area contributed by atoms with Crippen molar-refractivity contribution in [2.75, 3.05) is 13.2 Å². The number of ether oxygens (including phenoxy) is 4. The lowest BCUT2D eigenvalue weighted by Gasteiger charge is -2.08. The summed E-state index contributed by atoms with van der Waals surface area (Å²) in [7, 11) is 0. The molecule has 8 heteroatoms. The Morgan fingerprint density at radius 2 is 0.658 bits per heavy atom. The summed E-state index contributed by atoms with van der Waals surface area (Å²) >= 11 is 0. The first-order valence-corrected chi connectivity index (χ1v) is 14.8. The fourth-order valence-electron chi connectivity index (χ4n) is 3.60. The molecule has 0 aliphatic rings. The standard InChI is InChI=1S/C16H30O4.C14H26O4/c1-13(2)19-15(17)11-9-7-5-6-8-10-12-16(18)20-14(3)4;1-3-17-13(15)11-9-7-5-6-8-10-12-14(16)18-4-2/h13-14H,5-12H2,1-4H3;3-12H2,1-2H3. The zero-order valence-corrected chi connectivity index (χ0v) is 25.1. The fraction of sp³-hybridized carbons (Fsp3) is 0.867. The highest BCUT2D eigenvalue weighted by atomic mass is 16.5. The zero-order valence-electron chi connectivity index (χ0n) is 25.1. The van der Waals surface area contributed by atoms with Crippen molar-refractivity contribution in [3.05, 3.63) is 0 Å². The first-order chi connectivity index (χ1) is 18.1. The van der Waals surface area contributed by atoms with E-state index >= 15 is 0 Å². The van der Waals surface area contributed by atoms with Crippen LogP contribution in [0.1, 0.15) is 144 Å². The minimum absolute atomic E-state index is 0.0203. The number of carbonyl (C=O) groups excluding carboxylic acids is 4. The molecule has 0 radical (unpaired) electrons. The van der Waals surface area contributed by atoms with E-state index in [9.17, 15) is 19.2 Å². The monoisotopic (exact) mass is 544 g/mol. The first-order valence-electron chi connectivity index (χ1n) is 14.8. The lowest BCUT2D eigenvalue weighted by atomic mass is 10.1. The van der Waals surface area contributed by atoms with Crippen LogP contribution in [0, 0.1) is 0 Å². The highest BCUT2D eigenvalue weighted by molar-refractivity contribution is 5.70. The molecule has 0 spiro atoms. The van der Waals surface area contributed by atoms with Crippen LogP contribution < -0.4 is 0 Å². The Morgan fingerprint density at radius 3 is 0.895 bits per heavy atom. The average molecular weight is 545 g/mol. The molecule has 8 nitrogen and oxygen atoms in total. The summed E-state index contributed by atoms with van der Waals surface area (Å²) < 4.78 is 19.8. The second-order valence-corrected chi connectivity index (χ2v) is 9.93. The summed E-state index contributed by atoms with van der Waals surface area (Å²) in [6.45, 7) is 12.0. The molecular weight excluding hydrogens is 488 g/mol. The van der Waals surface area contributed by atoms with Crippen LogP contribution in [0.5, 0.6) is 0 Å². The minimum atomic E-state index is -0.101. The van der Waals surface area contributed by atoms with Crippen LogP contribution in [0.3, 0.4) is 0 Å². The number of carbonyl (C=O) groups is 4. The Balaban J connectivity index is 0. The van der Waals surface area contributed by atoms with Crippen molar-refractivity contribution in [1.29, 1.82) is 0 Å². The van der Waals surface area contributed by atoms with Crippen LogP contribution >= 0.6 is 0 Å². The van der Waals surface area contributed by atoms with Gasteiger partial charge in [0, 0.05) is 25.7 Å². The van der Waals surface area contributed by atoms with Gasteiger partial charge in [-0.25, -0.2) is 0 Å². The molecule has 0 rings (SSSR count). The van der Waals surface area contributed by atoms with Gasteiger partial charge in [0.1, 0.15) is 0 Å². The maximum absolute atomic E-state index is 11.3. The van der Waals surface area contributed by atoms with Gasteiger partial charge in [0.25, 0.3) is 0 Å². The van der Waals surface area contributed by atoms with E-state index in [4.69, 9.17) is 18.9 Å². The minimum Gasteiger partial charge on any atom is -0.466 e. The van der Waals surface area contributed by atoms with Gasteiger partial charge in [0.2, 0.25) is 0 Å². The van der Waals surface area contributed by atoms with E-state index in [1.807, 2.05) is 41.5 Å². The van der Waals surface area contributed by atoms with E-state index in [-0.39, 0.29) is 36.1 Å². The Morgan fingerprint density at radius 1 is 0.421 bits per heavy atom. The molecule has 0 heterocycles. The maximum atomic E-state index is 11.3. The summed E-state index contributed by atoms with van der Waals surface area (Å²) in [5.41, 5.74) is 0. The van der Waals surface area contributed by atoms with Gasteiger partial charge in [-0.05, 0) is 67.2 Å². The van der Waals surface area contributed by atoms with E-state index < -0.39 is 0 Å². The smallest absolute Gasteiger partial charge is 0.306 e. The van der Waals surface area contributed by atoms with Crippen molar-refractivity contribution in [2.24, 2.45) is 0 Å². The van der Waals surface area contributed by atoms with Crippen LogP contribution in [-0.4, -0.2) is 49.3 Å². The van der Waals surface area contributed by atoms with Gasteiger partial charge in [-0.3, -0.25) is 19.2 Å².